The molecule has 1 atom stereocenters. The van der Waals surface area contributed by atoms with Crippen LogP contribution in [0.1, 0.15) is 37.6 Å². The van der Waals surface area contributed by atoms with Gasteiger partial charge in [0.2, 0.25) is 5.91 Å². The van der Waals surface area contributed by atoms with Crippen LogP contribution in [0.25, 0.3) is 0 Å². The van der Waals surface area contributed by atoms with Gasteiger partial charge in [-0.3, -0.25) is 9.48 Å². The van der Waals surface area contributed by atoms with Crippen molar-refractivity contribution in [1.82, 2.24) is 20.3 Å². The highest BCUT2D eigenvalue weighted by molar-refractivity contribution is 5.76. The SMILES string of the molecule is CCNC(=O)C[C@H](C)c1nnn(C)c1C. The first-order valence-corrected chi connectivity index (χ1v) is 5.19. The highest BCUT2D eigenvalue weighted by Crippen LogP contribution is 2.19. The van der Waals surface area contributed by atoms with Crippen LogP contribution in [0.2, 0.25) is 0 Å². The Bertz CT molecular complexity index is 345. The van der Waals surface area contributed by atoms with E-state index >= 15 is 0 Å². The first kappa shape index (κ1) is 11.7. The Morgan fingerprint density at radius 3 is 2.73 bits per heavy atom. The van der Waals surface area contributed by atoms with Gasteiger partial charge in [0.05, 0.1) is 11.4 Å². The fraction of sp³-hybridized carbons (Fsp3) is 0.700. The molecule has 0 unspecified atom stereocenters. The lowest BCUT2D eigenvalue weighted by Gasteiger charge is -2.08. The van der Waals surface area contributed by atoms with Crippen LogP contribution in [-0.4, -0.2) is 27.4 Å². The minimum absolute atomic E-state index is 0.0649. The molecule has 0 spiro atoms. The zero-order valence-electron chi connectivity index (χ0n) is 9.74. The Morgan fingerprint density at radius 1 is 1.60 bits per heavy atom. The fourth-order valence-electron chi connectivity index (χ4n) is 1.52. The maximum atomic E-state index is 11.4. The summed E-state index contributed by atoms with van der Waals surface area (Å²) in [6.45, 7) is 6.54. The first-order chi connectivity index (χ1) is 7.06. The Kier molecular flexibility index (Phi) is 3.82. The predicted octanol–water partition coefficient (Wildman–Crippen LogP) is 0.753. The van der Waals surface area contributed by atoms with Gasteiger partial charge in [-0.25, -0.2) is 0 Å². The third-order valence-corrected chi connectivity index (χ3v) is 2.48. The van der Waals surface area contributed by atoms with Gasteiger partial charge in [-0.05, 0) is 13.8 Å². The number of carbonyl (C=O) groups is 1. The molecule has 0 aliphatic rings. The van der Waals surface area contributed by atoms with Crippen LogP contribution >= 0.6 is 0 Å². The van der Waals surface area contributed by atoms with Gasteiger partial charge in [-0.2, -0.15) is 0 Å². The van der Waals surface area contributed by atoms with Gasteiger partial charge in [-0.1, -0.05) is 12.1 Å². The van der Waals surface area contributed by atoms with Gasteiger partial charge in [-0.15, -0.1) is 5.10 Å². The second kappa shape index (κ2) is 4.91. The lowest BCUT2D eigenvalue weighted by Crippen LogP contribution is -2.24. The number of nitrogens with zero attached hydrogens (tertiary/aromatic N) is 3. The third-order valence-electron chi connectivity index (χ3n) is 2.48. The number of aryl methyl sites for hydroxylation is 1. The number of amides is 1. The minimum atomic E-state index is 0.0649. The topological polar surface area (TPSA) is 59.8 Å². The predicted molar refractivity (Wildman–Crippen MR) is 57.5 cm³/mol. The van der Waals surface area contributed by atoms with Crippen LogP contribution in [0.5, 0.6) is 0 Å². The second-order valence-electron chi connectivity index (χ2n) is 3.74. The maximum absolute atomic E-state index is 11.4. The molecular weight excluding hydrogens is 192 g/mol. The molecule has 1 heterocycles. The summed E-state index contributed by atoms with van der Waals surface area (Å²) in [5.74, 6) is 0.181. The molecule has 1 rings (SSSR count). The van der Waals surface area contributed by atoms with E-state index in [1.807, 2.05) is 27.8 Å². The molecule has 0 aliphatic carbocycles. The van der Waals surface area contributed by atoms with Gasteiger partial charge >= 0.3 is 0 Å². The molecule has 5 nitrogen and oxygen atoms in total. The molecule has 0 saturated carbocycles. The summed E-state index contributed by atoms with van der Waals surface area (Å²) in [6, 6.07) is 0. The summed E-state index contributed by atoms with van der Waals surface area (Å²) in [4.78, 5) is 11.4. The van der Waals surface area contributed by atoms with Gasteiger partial charge < -0.3 is 5.32 Å². The molecule has 0 bridgehead atoms. The van der Waals surface area contributed by atoms with Crippen molar-refractivity contribution in [3.05, 3.63) is 11.4 Å². The van der Waals surface area contributed by atoms with E-state index in [2.05, 4.69) is 15.6 Å². The molecule has 0 fully saturated rings. The lowest BCUT2D eigenvalue weighted by atomic mass is 10.0. The van der Waals surface area contributed by atoms with E-state index in [0.29, 0.717) is 13.0 Å². The van der Waals surface area contributed by atoms with E-state index in [9.17, 15) is 4.79 Å². The van der Waals surface area contributed by atoms with Crippen LogP contribution in [-0.2, 0) is 11.8 Å². The second-order valence-corrected chi connectivity index (χ2v) is 3.74. The number of rotatable bonds is 4. The standard InChI is InChI=1S/C10H18N4O/c1-5-11-9(15)6-7(2)10-8(3)14(4)13-12-10/h7H,5-6H2,1-4H3,(H,11,15)/t7-/m0/s1. The van der Waals surface area contributed by atoms with Crippen molar-refractivity contribution in [2.75, 3.05) is 6.54 Å². The van der Waals surface area contributed by atoms with Crippen LogP contribution in [0.3, 0.4) is 0 Å². The van der Waals surface area contributed by atoms with Crippen molar-refractivity contribution >= 4 is 5.91 Å². The highest BCUT2D eigenvalue weighted by Gasteiger charge is 2.16. The largest absolute Gasteiger partial charge is 0.356 e. The fourth-order valence-corrected chi connectivity index (χ4v) is 1.52. The Morgan fingerprint density at radius 2 is 2.27 bits per heavy atom. The molecular formula is C10H18N4O. The average molecular weight is 210 g/mol. The molecule has 0 aromatic carbocycles. The number of carbonyl (C=O) groups excluding carboxylic acids is 1. The van der Waals surface area contributed by atoms with E-state index in [1.165, 1.54) is 0 Å². The van der Waals surface area contributed by atoms with Gasteiger partial charge in [0.1, 0.15) is 0 Å². The summed E-state index contributed by atoms with van der Waals surface area (Å²) < 4.78 is 1.73. The Labute approximate surface area is 89.9 Å². The zero-order chi connectivity index (χ0) is 11.4. The number of hydrogen-bond donors (Lipinski definition) is 1. The van der Waals surface area contributed by atoms with E-state index < -0.39 is 0 Å². The molecule has 1 amide bonds. The van der Waals surface area contributed by atoms with E-state index in [1.54, 1.807) is 4.68 Å². The van der Waals surface area contributed by atoms with Crippen molar-refractivity contribution in [2.45, 2.75) is 33.1 Å². The Balaban J connectivity index is 2.65. The van der Waals surface area contributed by atoms with Gasteiger partial charge in [0, 0.05) is 25.9 Å². The molecule has 0 aliphatic heterocycles. The van der Waals surface area contributed by atoms with Gasteiger partial charge in [0.25, 0.3) is 0 Å². The van der Waals surface area contributed by atoms with Crippen molar-refractivity contribution < 1.29 is 4.79 Å². The number of nitrogens with one attached hydrogen (secondary N) is 1. The summed E-state index contributed by atoms with van der Waals surface area (Å²) in [5.41, 5.74) is 1.93. The van der Waals surface area contributed by atoms with Gasteiger partial charge in [0.15, 0.2) is 0 Å². The normalized spacial score (nSPS) is 12.5. The number of aromatic nitrogens is 3. The molecule has 1 aromatic heterocycles. The summed E-state index contributed by atoms with van der Waals surface area (Å²) in [6.07, 6.45) is 0.466. The summed E-state index contributed by atoms with van der Waals surface area (Å²) >= 11 is 0. The van der Waals surface area contributed by atoms with E-state index in [4.69, 9.17) is 0 Å². The van der Waals surface area contributed by atoms with Crippen molar-refractivity contribution in [2.24, 2.45) is 7.05 Å². The average Bonchev–Trinajstić information content (AvgIpc) is 2.48. The smallest absolute Gasteiger partial charge is 0.220 e. The molecule has 5 heteroatoms. The molecule has 1 aromatic rings. The van der Waals surface area contributed by atoms with Crippen LogP contribution < -0.4 is 5.32 Å². The summed E-state index contributed by atoms with van der Waals surface area (Å²) in [5, 5.41) is 10.8. The third kappa shape index (κ3) is 2.78. The van der Waals surface area contributed by atoms with Crippen molar-refractivity contribution in [3.63, 3.8) is 0 Å². The van der Waals surface area contributed by atoms with Crippen molar-refractivity contribution in [1.29, 1.82) is 0 Å². The first-order valence-electron chi connectivity index (χ1n) is 5.19. The molecule has 0 radical (unpaired) electrons. The molecule has 0 saturated heterocycles. The van der Waals surface area contributed by atoms with Crippen LogP contribution in [0, 0.1) is 6.92 Å². The minimum Gasteiger partial charge on any atom is -0.356 e. The molecule has 1 N–H and O–H groups in total. The number of hydrogen-bond acceptors (Lipinski definition) is 3. The van der Waals surface area contributed by atoms with Crippen molar-refractivity contribution in [3.8, 4) is 0 Å². The maximum Gasteiger partial charge on any atom is 0.220 e. The zero-order valence-corrected chi connectivity index (χ0v) is 9.74. The molecule has 15 heavy (non-hydrogen) atoms. The lowest BCUT2D eigenvalue weighted by molar-refractivity contribution is -0.121. The monoisotopic (exact) mass is 210 g/mol. The highest BCUT2D eigenvalue weighted by atomic mass is 16.1. The Hall–Kier alpha value is -1.39. The van der Waals surface area contributed by atoms with E-state index in [0.717, 1.165) is 11.4 Å². The quantitative estimate of drug-likeness (QED) is 0.798. The summed E-state index contributed by atoms with van der Waals surface area (Å²) in [7, 11) is 1.85. The molecule has 84 valence electrons. The van der Waals surface area contributed by atoms with Crippen LogP contribution in [0.4, 0.5) is 0 Å². The van der Waals surface area contributed by atoms with E-state index in [-0.39, 0.29) is 11.8 Å². The van der Waals surface area contributed by atoms with Crippen LogP contribution in [0.15, 0.2) is 0 Å².